The summed E-state index contributed by atoms with van der Waals surface area (Å²) in [5, 5.41) is 5.13. The number of rotatable bonds is 4. The van der Waals surface area contributed by atoms with Crippen molar-refractivity contribution in [2.75, 3.05) is 0 Å². The predicted octanol–water partition coefficient (Wildman–Crippen LogP) is 16.9. The predicted molar refractivity (Wildman–Crippen MR) is 262 cm³/mol. The van der Waals surface area contributed by atoms with Gasteiger partial charge in [-0.15, -0.1) is 0 Å². The van der Waals surface area contributed by atoms with Crippen LogP contribution in [0.5, 0.6) is 0 Å². The van der Waals surface area contributed by atoms with E-state index in [0.717, 1.165) is 0 Å². The van der Waals surface area contributed by atoms with Gasteiger partial charge in [0.1, 0.15) is 0 Å². The fraction of sp³-hybridized carbons (Fsp3) is 0.180. The molecule has 9 aromatic carbocycles. The molecule has 0 saturated carbocycles. The fourth-order valence-electron chi connectivity index (χ4n) is 10.6. The van der Waals surface area contributed by atoms with Crippen LogP contribution in [-0.2, 0) is 16.2 Å². The van der Waals surface area contributed by atoms with Crippen molar-refractivity contribution in [3.05, 3.63) is 203 Å². The van der Waals surface area contributed by atoms with E-state index < -0.39 is 0 Å². The Kier molecular flexibility index (Phi) is 8.14. The minimum Gasteiger partial charge on any atom is -0.0622 e. The van der Waals surface area contributed by atoms with Crippen molar-refractivity contribution in [1.29, 1.82) is 0 Å². The van der Waals surface area contributed by atoms with Crippen molar-refractivity contribution in [1.82, 2.24) is 0 Å². The first-order valence-electron chi connectivity index (χ1n) is 22.0. The Labute approximate surface area is 361 Å². The highest BCUT2D eigenvalue weighted by atomic mass is 14.4. The molecule has 0 heterocycles. The van der Waals surface area contributed by atoms with Crippen LogP contribution in [0.3, 0.4) is 0 Å². The molecule has 0 spiro atoms. The first-order valence-corrected chi connectivity index (χ1v) is 22.0. The van der Waals surface area contributed by atoms with Gasteiger partial charge in [0.05, 0.1) is 0 Å². The summed E-state index contributed by atoms with van der Waals surface area (Å²) in [7, 11) is 0. The van der Waals surface area contributed by atoms with Crippen molar-refractivity contribution < 1.29 is 0 Å². The van der Waals surface area contributed by atoms with Gasteiger partial charge >= 0.3 is 0 Å². The molecule has 0 heteroatoms. The van der Waals surface area contributed by atoms with Crippen LogP contribution in [0.4, 0.5) is 0 Å². The van der Waals surface area contributed by atoms with E-state index in [1.807, 2.05) is 0 Å². The van der Waals surface area contributed by atoms with E-state index in [1.165, 1.54) is 122 Å². The summed E-state index contributed by atoms with van der Waals surface area (Å²) in [6, 6.07) is 64.8. The summed E-state index contributed by atoms with van der Waals surface area (Å²) >= 11 is 0. The summed E-state index contributed by atoms with van der Waals surface area (Å²) in [6.45, 7) is 18.7. The molecule has 0 bridgehead atoms. The molecule has 2 aliphatic carbocycles. The lowest BCUT2D eigenvalue weighted by molar-refractivity contribution is 0.591. The molecule has 0 atom stereocenters. The minimum absolute atomic E-state index is 0.0920. The van der Waals surface area contributed by atoms with Crippen molar-refractivity contribution in [3.8, 4) is 66.8 Å². The lowest BCUT2D eigenvalue weighted by atomic mass is 9.79. The third-order valence-electron chi connectivity index (χ3n) is 14.3. The normalized spacial score (nSPS) is 14.5. The number of benzene rings is 9. The zero-order chi connectivity index (χ0) is 42.0. The van der Waals surface area contributed by atoms with Gasteiger partial charge in [0, 0.05) is 10.8 Å². The fourth-order valence-corrected chi connectivity index (χ4v) is 10.6. The van der Waals surface area contributed by atoms with E-state index in [4.69, 9.17) is 0 Å². The Morgan fingerprint density at radius 3 is 1.25 bits per heavy atom. The van der Waals surface area contributed by atoms with Crippen molar-refractivity contribution in [3.63, 3.8) is 0 Å². The molecule has 296 valence electrons. The maximum Gasteiger partial charge on any atom is 0.0159 e. The number of fused-ring (bicyclic) bond motifs is 8. The third-order valence-corrected chi connectivity index (χ3v) is 14.3. The Morgan fingerprint density at radius 1 is 0.311 bits per heavy atom. The van der Waals surface area contributed by atoms with Crippen molar-refractivity contribution >= 4 is 21.5 Å². The molecule has 0 amide bonds. The minimum atomic E-state index is -0.135. The highest BCUT2D eigenvalue weighted by molar-refractivity contribution is 5.95. The quantitative estimate of drug-likeness (QED) is 0.167. The topological polar surface area (TPSA) is 0 Å². The van der Waals surface area contributed by atoms with E-state index in [1.54, 1.807) is 0 Å². The first kappa shape index (κ1) is 37.5. The van der Waals surface area contributed by atoms with E-state index in [-0.39, 0.29) is 16.2 Å². The second kappa shape index (κ2) is 13.2. The summed E-state index contributed by atoms with van der Waals surface area (Å²) in [5.41, 5.74) is 23.8. The summed E-state index contributed by atoms with van der Waals surface area (Å²) in [5.74, 6) is 0. The number of aryl methyl sites for hydroxylation is 1. The van der Waals surface area contributed by atoms with Gasteiger partial charge in [-0.05, 0) is 176 Å². The van der Waals surface area contributed by atoms with Crippen LogP contribution in [0, 0.1) is 6.92 Å². The molecule has 2 aliphatic rings. The van der Waals surface area contributed by atoms with E-state index in [2.05, 4.69) is 225 Å². The Hall–Kier alpha value is -6.50. The maximum absolute atomic E-state index is 2.47. The lowest BCUT2D eigenvalue weighted by Gasteiger charge is -2.24. The lowest BCUT2D eigenvalue weighted by Crippen LogP contribution is -2.15. The molecule has 0 unspecified atom stereocenters. The molecule has 61 heavy (non-hydrogen) atoms. The molecule has 0 aliphatic heterocycles. The van der Waals surface area contributed by atoms with Crippen LogP contribution in [-0.4, -0.2) is 0 Å². The van der Waals surface area contributed by atoms with Crippen LogP contribution >= 0.6 is 0 Å². The Bertz CT molecular complexity index is 3270. The van der Waals surface area contributed by atoms with Gasteiger partial charge in [-0.3, -0.25) is 0 Å². The Morgan fingerprint density at radius 2 is 0.721 bits per heavy atom. The van der Waals surface area contributed by atoms with Crippen LogP contribution < -0.4 is 0 Å². The average molecular weight is 785 g/mol. The number of hydrogen-bond donors (Lipinski definition) is 0. The zero-order valence-corrected chi connectivity index (χ0v) is 36.7. The van der Waals surface area contributed by atoms with E-state index in [9.17, 15) is 0 Å². The molecule has 0 saturated heterocycles. The standard InChI is InChI=1S/C61H52/c1-37-28-47-29-41(40-15-14-39-18-23-49(59(2,3)4)31-48(39)30-40)16-17-42(47)32-54(37)46-22-27-53-52-26-21-45(35-57(52)61(7,8)58(53)36-46)44-20-25-51-50-24-19-43(38-12-10-9-11-13-38)33-55(50)60(5,6)56(51)34-44/h9-36H,1-8H3. The molecule has 0 aromatic heterocycles. The highest BCUT2D eigenvalue weighted by Crippen LogP contribution is 2.53. The SMILES string of the molecule is Cc1cc2cc(-c3ccc4ccc(C(C)(C)C)cc4c3)ccc2cc1-c1ccc2c(c1)C(C)(C)c1cc(-c3ccc4c(c3)C(C)(C)c3cc(-c5ccccc5)ccc3-4)ccc1-2. The van der Waals surface area contributed by atoms with Gasteiger partial charge in [-0.1, -0.05) is 176 Å². The second-order valence-electron chi connectivity index (χ2n) is 19.9. The number of hydrogen-bond acceptors (Lipinski definition) is 0. The van der Waals surface area contributed by atoms with Gasteiger partial charge in [0.15, 0.2) is 0 Å². The van der Waals surface area contributed by atoms with Crippen molar-refractivity contribution in [2.24, 2.45) is 0 Å². The van der Waals surface area contributed by atoms with Crippen molar-refractivity contribution in [2.45, 2.75) is 71.6 Å². The van der Waals surface area contributed by atoms with Gasteiger partial charge in [-0.25, -0.2) is 0 Å². The molecule has 0 radical (unpaired) electrons. The second-order valence-corrected chi connectivity index (χ2v) is 19.9. The molecule has 11 rings (SSSR count). The van der Waals surface area contributed by atoms with Crippen LogP contribution in [0.15, 0.2) is 170 Å². The van der Waals surface area contributed by atoms with Gasteiger partial charge < -0.3 is 0 Å². The zero-order valence-electron chi connectivity index (χ0n) is 36.7. The molecule has 0 N–H and O–H groups in total. The molecule has 9 aromatic rings. The van der Waals surface area contributed by atoms with Crippen LogP contribution in [0.2, 0.25) is 0 Å². The molecular weight excluding hydrogens is 733 g/mol. The Balaban J connectivity index is 0.898. The largest absolute Gasteiger partial charge is 0.0622 e. The smallest absolute Gasteiger partial charge is 0.0159 e. The summed E-state index contributed by atoms with van der Waals surface area (Å²) in [6.07, 6.45) is 0. The first-order chi connectivity index (χ1) is 29.2. The van der Waals surface area contributed by atoms with Gasteiger partial charge in [0.25, 0.3) is 0 Å². The molecule has 0 nitrogen and oxygen atoms in total. The summed E-state index contributed by atoms with van der Waals surface area (Å²) in [4.78, 5) is 0. The van der Waals surface area contributed by atoms with Crippen LogP contribution in [0.1, 0.15) is 81.8 Å². The summed E-state index contributed by atoms with van der Waals surface area (Å²) < 4.78 is 0. The monoisotopic (exact) mass is 784 g/mol. The third kappa shape index (κ3) is 5.94. The molecular formula is C61H52. The van der Waals surface area contributed by atoms with Gasteiger partial charge in [-0.2, -0.15) is 0 Å². The van der Waals surface area contributed by atoms with E-state index >= 15 is 0 Å². The molecule has 0 fully saturated rings. The van der Waals surface area contributed by atoms with Gasteiger partial charge in [0.2, 0.25) is 0 Å². The average Bonchev–Trinajstić information content (AvgIpc) is 3.63. The van der Waals surface area contributed by atoms with E-state index in [0.29, 0.717) is 0 Å². The highest BCUT2D eigenvalue weighted by Gasteiger charge is 2.38. The van der Waals surface area contributed by atoms with Crippen LogP contribution in [0.25, 0.3) is 88.3 Å². The maximum atomic E-state index is 2.47.